The van der Waals surface area contributed by atoms with Gasteiger partial charge in [0.2, 0.25) is 0 Å². The lowest BCUT2D eigenvalue weighted by Crippen LogP contribution is -1.93. The largest absolute Gasteiger partial charge is 0.292 e. The lowest BCUT2D eigenvalue weighted by molar-refractivity contribution is 1.31. The summed E-state index contributed by atoms with van der Waals surface area (Å²) in [6.07, 6.45) is 0. The van der Waals surface area contributed by atoms with Crippen LogP contribution in [0.1, 0.15) is 5.56 Å². The van der Waals surface area contributed by atoms with Gasteiger partial charge in [0.1, 0.15) is 5.65 Å². The maximum absolute atomic E-state index is 9.69. The van der Waals surface area contributed by atoms with E-state index in [1.54, 1.807) is 0 Å². The Hall–Kier alpha value is -6.31. The van der Waals surface area contributed by atoms with E-state index >= 15 is 0 Å². The van der Waals surface area contributed by atoms with E-state index in [0.29, 0.717) is 5.56 Å². The Morgan fingerprint density at radius 2 is 1.18 bits per heavy atom. The van der Waals surface area contributed by atoms with Crippen molar-refractivity contribution in [2.24, 2.45) is 0 Å². The van der Waals surface area contributed by atoms with Crippen LogP contribution in [0.2, 0.25) is 0 Å². The highest BCUT2D eigenvalue weighted by Gasteiger charge is 2.15. The smallest absolute Gasteiger partial charge is 0.146 e. The molecule has 208 valence electrons. The van der Waals surface area contributed by atoms with Crippen molar-refractivity contribution in [2.75, 3.05) is 0 Å². The lowest BCUT2D eigenvalue weighted by atomic mass is 9.96. The van der Waals surface area contributed by atoms with Gasteiger partial charge in [-0.2, -0.15) is 5.26 Å². The molecule has 0 aliphatic carbocycles. The third-order valence-electron chi connectivity index (χ3n) is 8.79. The predicted molar refractivity (Wildman–Crippen MR) is 184 cm³/mol. The van der Waals surface area contributed by atoms with Crippen LogP contribution in [-0.4, -0.2) is 14.4 Å². The third-order valence-corrected chi connectivity index (χ3v) is 8.79. The Kier molecular flexibility index (Phi) is 5.53. The standard InChI is InChI=1S/C41H24N4/c42-25-26-14-20-32-35-23-30(19-21-33(35)41-44-37-12-6-7-13-39(37)45(41)40(32)22-26)27-15-17-29(18-16-27)38-24-34(28-8-2-1-3-9-28)31-10-4-5-11-36(31)43-38/h1-24H. The first kappa shape index (κ1) is 25.2. The normalized spacial score (nSPS) is 11.5. The van der Waals surface area contributed by atoms with Crippen molar-refractivity contribution in [3.63, 3.8) is 0 Å². The Morgan fingerprint density at radius 3 is 2.02 bits per heavy atom. The van der Waals surface area contributed by atoms with Crippen LogP contribution in [0.25, 0.3) is 82.8 Å². The van der Waals surface area contributed by atoms with E-state index < -0.39 is 0 Å². The molecule has 0 saturated carbocycles. The minimum Gasteiger partial charge on any atom is -0.292 e. The van der Waals surface area contributed by atoms with Crippen LogP contribution in [0.15, 0.2) is 146 Å². The first-order chi connectivity index (χ1) is 22.2. The van der Waals surface area contributed by atoms with Gasteiger partial charge in [0.15, 0.2) is 0 Å². The topological polar surface area (TPSA) is 54.0 Å². The van der Waals surface area contributed by atoms with E-state index in [1.807, 2.05) is 42.5 Å². The van der Waals surface area contributed by atoms with Gasteiger partial charge >= 0.3 is 0 Å². The summed E-state index contributed by atoms with van der Waals surface area (Å²) in [5.74, 6) is 0. The lowest BCUT2D eigenvalue weighted by Gasteiger charge is -2.12. The zero-order valence-electron chi connectivity index (χ0n) is 24.1. The van der Waals surface area contributed by atoms with Crippen molar-refractivity contribution in [2.45, 2.75) is 0 Å². The average Bonchev–Trinajstić information content (AvgIpc) is 3.51. The summed E-state index contributed by atoms with van der Waals surface area (Å²) < 4.78 is 2.18. The molecule has 0 unspecified atom stereocenters. The van der Waals surface area contributed by atoms with Crippen molar-refractivity contribution >= 4 is 49.3 Å². The van der Waals surface area contributed by atoms with E-state index in [4.69, 9.17) is 9.97 Å². The number of fused-ring (bicyclic) bond motifs is 9. The van der Waals surface area contributed by atoms with Crippen LogP contribution in [0.4, 0.5) is 0 Å². The Bertz CT molecular complexity index is 2640. The second-order valence-electron chi connectivity index (χ2n) is 11.4. The summed E-state index contributed by atoms with van der Waals surface area (Å²) in [6.45, 7) is 0. The van der Waals surface area contributed by atoms with Gasteiger partial charge in [0, 0.05) is 21.7 Å². The number of pyridine rings is 2. The number of hydrogen-bond donors (Lipinski definition) is 0. The van der Waals surface area contributed by atoms with Gasteiger partial charge in [-0.25, -0.2) is 9.97 Å². The summed E-state index contributed by atoms with van der Waals surface area (Å²) >= 11 is 0. The summed E-state index contributed by atoms with van der Waals surface area (Å²) in [7, 11) is 0. The third kappa shape index (κ3) is 3.99. The summed E-state index contributed by atoms with van der Waals surface area (Å²) in [5, 5.41) is 14.1. The van der Waals surface area contributed by atoms with Crippen LogP contribution >= 0.6 is 0 Å². The molecule has 0 fully saturated rings. The molecule has 0 bridgehead atoms. The number of nitrogens with zero attached hydrogens (tertiary/aromatic N) is 4. The molecule has 0 N–H and O–H groups in total. The predicted octanol–water partition coefficient (Wildman–Crippen LogP) is 10.2. The number of aromatic nitrogens is 3. The monoisotopic (exact) mass is 572 g/mol. The van der Waals surface area contributed by atoms with Gasteiger partial charge in [0.25, 0.3) is 0 Å². The van der Waals surface area contributed by atoms with Gasteiger partial charge in [-0.05, 0) is 76.2 Å². The molecule has 6 aromatic carbocycles. The van der Waals surface area contributed by atoms with E-state index in [1.165, 1.54) is 11.1 Å². The zero-order chi connectivity index (χ0) is 29.9. The molecule has 0 amide bonds. The maximum Gasteiger partial charge on any atom is 0.146 e. The van der Waals surface area contributed by atoms with E-state index in [-0.39, 0.29) is 0 Å². The van der Waals surface area contributed by atoms with E-state index in [0.717, 1.165) is 71.6 Å². The quantitative estimate of drug-likeness (QED) is 0.198. The molecule has 4 nitrogen and oxygen atoms in total. The number of nitriles is 1. The second kappa shape index (κ2) is 9.87. The molecule has 0 radical (unpaired) electrons. The Morgan fingerprint density at radius 1 is 0.467 bits per heavy atom. The molecule has 45 heavy (non-hydrogen) atoms. The second-order valence-corrected chi connectivity index (χ2v) is 11.4. The molecule has 9 aromatic rings. The average molecular weight is 573 g/mol. The molecule has 0 atom stereocenters. The number of rotatable bonds is 3. The Balaban J connectivity index is 1.19. The van der Waals surface area contributed by atoms with Crippen LogP contribution in [0, 0.1) is 11.3 Å². The van der Waals surface area contributed by atoms with Crippen LogP contribution < -0.4 is 0 Å². The van der Waals surface area contributed by atoms with Crippen LogP contribution in [0.3, 0.4) is 0 Å². The highest BCUT2D eigenvalue weighted by molar-refractivity contribution is 6.15. The maximum atomic E-state index is 9.69. The Labute approximate surface area is 259 Å². The molecular formula is C41H24N4. The minimum atomic E-state index is 0.630. The molecular weight excluding hydrogens is 548 g/mol. The highest BCUT2D eigenvalue weighted by Crippen LogP contribution is 2.37. The first-order valence-corrected chi connectivity index (χ1v) is 15.0. The SMILES string of the molecule is N#Cc1ccc2c3cc(-c4ccc(-c5cc(-c6ccccc6)c6ccccc6n5)cc4)ccc3c3nc4ccccc4n3c2c1. The fourth-order valence-electron chi connectivity index (χ4n) is 6.62. The molecule has 0 aliphatic rings. The fourth-order valence-corrected chi connectivity index (χ4v) is 6.62. The summed E-state index contributed by atoms with van der Waals surface area (Å²) in [4.78, 5) is 10.1. The van der Waals surface area contributed by atoms with Crippen molar-refractivity contribution in [1.29, 1.82) is 5.26 Å². The van der Waals surface area contributed by atoms with Crippen molar-refractivity contribution in [3.8, 4) is 39.6 Å². The number of benzene rings is 6. The van der Waals surface area contributed by atoms with Crippen molar-refractivity contribution < 1.29 is 0 Å². The fraction of sp³-hybridized carbons (Fsp3) is 0. The van der Waals surface area contributed by atoms with Gasteiger partial charge in [-0.3, -0.25) is 4.40 Å². The van der Waals surface area contributed by atoms with Crippen LogP contribution in [-0.2, 0) is 0 Å². The molecule has 0 spiro atoms. The summed E-state index contributed by atoms with van der Waals surface area (Å²) in [6, 6.07) is 52.7. The van der Waals surface area contributed by atoms with Gasteiger partial charge in [0.05, 0.1) is 39.4 Å². The van der Waals surface area contributed by atoms with Gasteiger partial charge in [-0.15, -0.1) is 0 Å². The molecule has 4 heteroatoms. The van der Waals surface area contributed by atoms with Crippen LogP contribution in [0.5, 0.6) is 0 Å². The summed E-state index contributed by atoms with van der Waals surface area (Å²) in [5.41, 5.74) is 12.1. The first-order valence-electron chi connectivity index (χ1n) is 15.0. The van der Waals surface area contributed by atoms with E-state index in [2.05, 4.69) is 114 Å². The minimum absolute atomic E-state index is 0.630. The number of imidazole rings is 1. The van der Waals surface area contributed by atoms with Gasteiger partial charge < -0.3 is 0 Å². The van der Waals surface area contributed by atoms with E-state index in [9.17, 15) is 5.26 Å². The molecule has 9 rings (SSSR count). The van der Waals surface area contributed by atoms with Crippen molar-refractivity contribution in [3.05, 3.63) is 151 Å². The zero-order valence-corrected chi connectivity index (χ0v) is 24.1. The molecule has 0 aliphatic heterocycles. The molecule has 3 aromatic heterocycles. The number of hydrogen-bond acceptors (Lipinski definition) is 3. The molecule has 0 saturated heterocycles. The van der Waals surface area contributed by atoms with Gasteiger partial charge in [-0.1, -0.05) is 97.1 Å². The van der Waals surface area contributed by atoms with Crippen molar-refractivity contribution in [1.82, 2.24) is 14.4 Å². The molecule has 3 heterocycles. The number of para-hydroxylation sites is 3. The highest BCUT2D eigenvalue weighted by atomic mass is 15.0.